The first-order valence-corrected chi connectivity index (χ1v) is 15.8. The Hall–Kier alpha value is -5.02. The molecule has 1 atom stereocenters. The Kier molecular flexibility index (Phi) is 8.60. The Morgan fingerprint density at radius 3 is 2.39 bits per heavy atom. The van der Waals surface area contributed by atoms with Crippen LogP contribution in [0.25, 0.3) is 16.6 Å². The van der Waals surface area contributed by atoms with Crippen LogP contribution >= 0.6 is 0 Å². The third-order valence-electron chi connectivity index (χ3n) is 8.70. The number of para-hydroxylation sites is 1. The first kappa shape index (κ1) is 31.0. The normalized spacial score (nSPS) is 14.6. The van der Waals surface area contributed by atoms with Crippen LogP contribution in [-0.2, 0) is 10.2 Å². The summed E-state index contributed by atoms with van der Waals surface area (Å²) in [6.45, 7) is 9.81. The van der Waals surface area contributed by atoms with Crippen molar-refractivity contribution in [3.8, 4) is 5.69 Å². The van der Waals surface area contributed by atoms with Gasteiger partial charge < -0.3 is 15.6 Å². The minimum atomic E-state index is -0.634. The van der Waals surface area contributed by atoms with E-state index in [-0.39, 0.29) is 11.3 Å². The summed E-state index contributed by atoms with van der Waals surface area (Å²) in [6.07, 6.45) is 3.17. The van der Waals surface area contributed by atoms with Crippen molar-refractivity contribution in [2.45, 2.75) is 51.9 Å². The molecule has 9 heteroatoms. The summed E-state index contributed by atoms with van der Waals surface area (Å²) in [7, 11) is 0. The lowest BCUT2D eigenvalue weighted by atomic mass is 9.76. The molecular weight excluding hydrogens is 576 g/mol. The average molecular weight is 617 g/mol. The largest absolute Gasteiger partial charge is 0.360 e. The number of nitrogens with zero attached hydrogens (tertiary/aromatic N) is 2. The molecule has 6 rings (SSSR count). The van der Waals surface area contributed by atoms with E-state index >= 15 is 0 Å². The van der Waals surface area contributed by atoms with Gasteiger partial charge in [0, 0.05) is 34.3 Å². The zero-order valence-corrected chi connectivity index (χ0v) is 26.7. The van der Waals surface area contributed by atoms with Gasteiger partial charge in [0.05, 0.1) is 22.9 Å². The third-order valence-corrected chi connectivity index (χ3v) is 8.70. The number of carbonyl (C=O) groups is 3. The topological polar surface area (TPSA) is 121 Å². The number of ketones is 2. The van der Waals surface area contributed by atoms with E-state index in [1.165, 1.54) is 0 Å². The van der Waals surface area contributed by atoms with Crippen molar-refractivity contribution >= 4 is 40.0 Å². The molecule has 1 unspecified atom stereocenters. The number of aryl methyl sites for hydroxylation is 1. The number of aromatic nitrogens is 3. The van der Waals surface area contributed by atoms with Crippen molar-refractivity contribution in [1.29, 1.82) is 0 Å². The predicted molar refractivity (Wildman–Crippen MR) is 182 cm³/mol. The number of nitrogens with one attached hydrogen (secondary N) is 4. The number of Topliss-reactive ketones (excluding diaryl/α,β-unsaturated/α-hetero) is 2. The van der Waals surface area contributed by atoms with Crippen molar-refractivity contribution in [2.24, 2.45) is 5.92 Å². The van der Waals surface area contributed by atoms with Crippen LogP contribution in [0.2, 0.25) is 0 Å². The van der Waals surface area contributed by atoms with Gasteiger partial charge in [0.25, 0.3) is 0 Å². The molecule has 0 aliphatic carbocycles. The van der Waals surface area contributed by atoms with Crippen molar-refractivity contribution < 1.29 is 14.4 Å². The number of hydrogen-bond acceptors (Lipinski definition) is 5. The Balaban J connectivity index is 1.26. The van der Waals surface area contributed by atoms with Crippen LogP contribution in [0.5, 0.6) is 0 Å². The number of amides is 2. The predicted octanol–water partition coefficient (Wildman–Crippen LogP) is 7.14. The Labute approximate surface area is 268 Å². The fourth-order valence-corrected chi connectivity index (χ4v) is 6.16. The molecule has 1 fully saturated rings. The lowest BCUT2D eigenvalue weighted by molar-refractivity contribution is -0.117. The number of benzene rings is 3. The van der Waals surface area contributed by atoms with Crippen molar-refractivity contribution in [3.05, 3.63) is 107 Å². The van der Waals surface area contributed by atoms with Crippen LogP contribution in [0, 0.1) is 12.8 Å². The molecule has 3 heterocycles. The number of urea groups is 1. The van der Waals surface area contributed by atoms with Crippen LogP contribution < -0.4 is 16.0 Å². The van der Waals surface area contributed by atoms with Gasteiger partial charge in [-0.25, -0.2) is 9.48 Å². The van der Waals surface area contributed by atoms with E-state index in [0.717, 1.165) is 53.8 Å². The van der Waals surface area contributed by atoms with Gasteiger partial charge in [0.1, 0.15) is 5.82 Å². The number of aromatic amines is 1. The quantitative estimate of drug-likeness (QED) is 0.109. The zero-order valence-electron chi connectivity index (χ0n) is 26.7. The molecule has 236 valence electrons. The Bertz CT molecular complexity index is 1890. The first-order valence-electron chi connectivity index (χ1n) is 15.8. The fourth-order valence-electron chi connectivity index (χ4n) is 6.16. The van der Waals surface area contributed by atoms with Crippen LogP contribution in [0.4, 0.5) is 16.3 Å². The summed E-state index contributed by atoms with van der Waals surface area (Å²) < 4.78 is 1.73. The number of fused-ring (bicyclic) bond motifs is 1. The van der Waals surface area contributed by atoms with Gasteiger partial charge >= 0.3 is 6.03 Å². The molecule has 1 aliphatic heterocycles. The fraction of sp³-hybridized carbons (Fsp3) is 0.297. The molecule has 46 heavy (non-hydrogen) atoms. The number of H-pyrrole nitrogens is 1. The minimum absolute atomic E-state index is 0.00772. The number of rotatable bonds is 8. The molecule has 5 aromatic rings. The van der Waals surface area contributed by atoms with E-state index in [0.29, 0.717) is 22.6 Å². The summed E-state index contributed by atoms with van der Waals surface area (Å²) in [6, 6.07) is 24.2. The second kappa shape index (κ2) is 12.8. The molecule has 0 saturated carbocycles. The van der Waals surface area contributed by atoms with Crippen LogP contribution in [0.3, 0.4) is 0 Å². The van der Waals surface area contributed by atoms with Gasteiger partial charge in [-0.3, -0.25) is 14.9 Å². The second-order valence-corrected chi connectivity index (χ2v) is 13.1. The number of anilines is 2. The van der Waals surface area contributed by atoms with E-state index in [9.17, 15) is 14.4 Å². The van der Waals surface area contributed by atoms with Crippen LogP contribution in [0.1, 0.15) is 66.7 Å². The van der Waals surface area contributed by atoms with Crippen LogP contribution in [-0.4, -0.2) is 45.5 Å². The highest BCUT2D eigenvalue weighted by Gasteiger charge is 2.36. The lowest BCUT2D eigenvalue weighted by Crippen LogP contribution is -2.36. The summed E-state index contributed by atoms with van der Waals surface area (Å²) in [5, 5.41) is 14.8. The molecule has 1 saturated heterocycles. The third kappa shape index (κ3) is 6.50. The molecule has 4 N–H and O–H groups in total. The maximum absolute atomic E-state index is 14.0. The molecule has 9 nitrogen and oxygen atoms in total. The summed E-state index contributed by atoms with van der Waals surface area (Å²) in [4.78, 5) is 44.3. The zero-order chi connectivity index (χ0) is 32.4. The molecule has 0 bridgehead atoms. The highest BCUT2D eigenvalue weighted by molar-refractivity contribution is 6.47. The second-order valence-electron chi connectivity index (χ2n) is 13.1. The standard InChI is InChI=1S/C37H40N6O3/c1-23-12-14-27(15-13-23)43-32(21-31(42-43)37(2,3)4)41-36(46)40-26-9-7-8-25(20-26)33(24-16-18-38-19-17-24)35(45)34(44)29-22-39-30-11-6-5-10-28(29)30/h5-15,20-22,24,33,38-39H,16-19H2,1-4H3,(H2,40,41,46). The summed E-state index contributed by atoms with van der Waals surface area (Å²) >= 11 is 0. The molecular formula is C37H40N6O3. The van der Waals surface area contributed by atoms with E-state index in [1.54, 1.807) is 16.9 Å². The monoisotopic (exact) mass is 616 g/mol. The molecule has 2 amide bonds. The average Bonchev–Trinajstić information content (AvgIpc) is 3.67. The summed E-state index contributed by atoms with van der Waals surface area (Å²) in [5.74, 6) is -1.04. The maximum atomic E-state index is 14.0. The van der Waals surface area contributed by atoms with E-state index in [2.05, 4.69) is 41.7 Å². The van der Waals surface area contributed by atoms with Gasteiger partial charge in [-0.1, -0.05) is 68.8 Å². The van der Waals surface area contributed by atoms with E-state index in [1.807, 2.05) is 79.7 Å². The van der Waals surface area contributed by atoms with Crippen LogP contribution in [0.15, 0.2) is 85.1 Å². The molecule has 0 radical (unpaired) electrons. The minimum Gasteiger partial charge on any atom is -0.360 e. The lowest BCUT2D eigenvalue weighted by Gasteiger charge is -2.30. The first-order chi connectivity index (χ1) is 22.1. The van der Waals surface area contributed by atoms with Gasteiger partial charge in [-0.15, -0.1) is 0 Å². The van der Waals surface area contributed by atoms with Gasteiger partial charge in [0.2, 0.25) is 11.6 Å². The Morgan fingerprint density at radius 1 is 0.913 bits per heavy atom. The number of carbonyl (C=O) groups excluding carboxylic acids is 3. The maximum Gasteiger partial charge on any atom is 0.324 e. The number of hydrogen-bond donors (Lipinski definition) is 4. The molecule has 0 spiro atoms. The SMILES string of the molecule is Cc1ccc(-n2nc(C(C)(C)C)cc2NC(=O)Nc2cccc(C(C(=O)C(=O)c3c[nH]c4ccccc34)C3CCNCC3)c2)cc1. The van der Waals surface area contributed by atoms with Crippen molar-refractivity contribution in [2.75, 3.05) is 23.7 Å². The van der Waals surface area contributed by atoms with E-state index < -0.39 is 23.5 Å². The number of piperidine rings is 1. The highest BCUT2D eigenvalue weighted by atomic mass is 16.2. The van der Waals surface area contributed by atoms with Gasteiger partial charge in [-0.2, -0.15) is 5.10 Å². The van der Waals surface area contributed by atoms with Crippen molar-refractivity contribution in [3.63, 3.8) is 0 Å². The highest BCUT2D eigenvalue weighted by Crippen LogP contribution is 2.35. The smallest absolute Gasteiger partial charge is 0.324 e. The van der Waals surface area contributed by atoms with Gasteiger partial charge in [-0.05, 0) is 74.7 Å². The molecule has 1 aliphatic rings. The summed E-state index contributed by atoms with van der Waals surface area (Å²) in [5.41, 5.74) is 5.01. The molecule has 2 aromatic heterocycles. The van der Waals surface area contributed by atoms with Gasteiger partial charge in [0.15, 0.2) is 0 Å². The van der Waals surface area contributed by atoms with Crippen molar-refractivity contribution in [1.82, 2.24) is 20.1 Å². The Morgan fingerprint density at radius 2 is 1.65 bits per heavy atom. The van der Waals surface area contributed by atoms with E-state index in [4.69, 9.17) is 5.10 Å². The molecule has 3 aromatic carbocycles.